The maximum absolute atomic E-state index is 6.15. The first-order chi connectivity index (χ1) is 8.70. The molecule has 2 unspecified atom stereocenters. The molecule has 0 amide bonds. The van der Waals surface area contributed by atoms with Crippen LogP contribution in [0.3, 0.4) is 0 Å². The summed E-state index contributed by atoms with van der Waals surface area (Å²) in [6.07, 6.45) is 16.4. The van der Waals surface area contributed by atoms with Crippen LogP contribution in [0.2, 0.25) is 0 Å². The molecule has 0 aliphatic carbocycles. The summed E-state index contributed by atoms with van der Waals surface area (Å²) in [6, 6.07) is 0.449. The molecule has 18 heavy (non-hydrogen) atoms. The summed E-state index contributed by atoms with van der Waals surface area (Å²) in [6.45, 7) is 6.86. The van der Waals surface area contributed by atoms with Gasteiger partial charge < -0.3 is 5.73 Å². The van der Waals surface area contributed by atoms with Crippen LogP contribution < -0.4 is 5.73 Å². The topological polar surface area (TPSA) is 26.0 Å². The summed E-state index contributed by atoms with van der Waals surface area (Å²) >= 11 is 0. The summed E-state index contributed by atoms with van der Waals surface area (Å²) in [4.78, 5) is 0. The Labute approximate surface area is 116 Å². The van der Waals surface area contributed by atoms with Gasteiger partial charge in [-0.15, -0.1) is 0 Å². The molecule has 0 saturated heterocycles. The van der Waals surface area contributed by atoms with E-state index in [0.717, 1.165) is 5.92 Å². The first-order valence-electron chi connectivity index (χ1n) is 8.46. The van der Waals surface area contributed by atoms with Gasteiger partial charge in [-0.2, -0.15) is 0 Å². The van der Waals surface area contributed by atoms with Crippen LogP contribution in [-0.4, -0.2) is 6.04 Å². The smallest absolute Gasteiger partial charge is 0.00413 e. The fourth-order valence-electron chi connectivity index (χ4n) is 2.52. The first-order valence-corrected chi connectivity index (χ1v) is 8.46. The number of unbranched alkanes of at least 4 members (excludes halogenated alkanes) is 8. The van der Waals surface area contributed by atoms with Gasteiger partial charge in [-0.25, -0.2) is 0 Å². The molecule has 0 aliphatic rings. The third-order valence-corrected chi connectivity index (χ3v) is 4.08. The van der Waals surface area contributed by atoms with Crippen LogP contribution in [0.4, 0.5) is 0 Å². The van der Waals surface area contributed by atoms with E-state index in [1.807, 2.05) is 0 Å². The Bertz CT molecular complexity index is 156. The van der Waals surface area contributed by atoms with Crippen molar-refractivity contribution in [2.24, 2.45) is 11.7 Å². The van der Waals surface area contributed by atoms with Crippen LogP contribution >= 0.6 is 0 Å². The zero-order valence-electron chi connectivity index (χ0n) is 13.2. The second kappa shape index (κ2) is 13.4. The van der Waals surface area contributed by atoms with E-state index in [2.05, 4.69) is 20.8 Å². The fourth-order valence-corrected chi connectivity index (χ4v) is 2.52. The van der Waals surface area contributed by atoms with Gasteiger partial charge in [0.15, 0.2) is 0 Å². The van der Waals surface area contributed by atoms with Crippen LogP contribution in [0.5, 0.6) is 0 Å². The molecule has 0 rings (SSSR count). The van der Waals surface area contributed by atoms with Gasteiger partial charge in [-0.05, 0) is 18.8 Å². The van der Waals surface area contributed by atoms with Crippen molar-refractivity contribution in [1.82, 2.24) is 0 Å². The molecule has 1 heteroatoms. The van der Waals surface area contributed by atoms with E-state index in [4.69, 9.17) is 5.73 Å². The lowest BCUT2D eigenvalue weighted by molar-refractivity contribution is 0.421. The Hall–Kier alpha value is -0.0400. The van der Waals surface area contributed by atoms with Crippen molar-refractivity contribution in [3.8, 4) is 0 Å². The predicted molar refractivity (Wildman–Crippen MR) is 83.9 cm³/mol. The van der Waals surface area contributed by atoms with Crippen LogP contribution in [0.25, 0.3) is 0 Å². The molecule has 0 aliphatic heterocycles. The minimum absolute atomic E-state index is 0.449. The minimum atomic E-state index is 0.449. The second-order valence-corrected chi connectivity index (χ2v) is 6.13. The van der Waals surface area contributed by atoms with E-state index in [0.29, 0.717) is 6.04 Å². The molecule has 0 bridgehead atoms. The Morgan fingerprint density at radius 3 is 1.78 bits per heavy atom. The highest BCUT2D eigenvalue weighted by molar-refractivity contribution is 4.65. The fraction of sp³-hybridized carbons (Fsp3) is 1.00. The number of rotatable bonds is 13. The monoisotopic (exact) mass is 255 g/mol. The van der Waals surface area contributed by atoms with Crippen molar-refractivity contribution >= 4 is 0 Å². The van der Waals surface area contributed by atoms with Gasteiger partial charge in [0, 0.05) is 6.04 Å². The van der Waals surface area contributed by atoms with Crippen LogP contribution in [0, 0.1) is 5.92 Å². The number of nitrogens with two attached hydrogens (primary N) is 1. The Kier molecular flexibility index (Phi) is 13.4. The quantitative estimate of drug-likeness (QED) is 0.421. The summed E-state index contributed by atoms with van der Waals surface area (Å²) in [7, 11) is 0. The molecule has 0 aromatic rings. The SMILES string of the molecule is CCCCCCCCCCCC(N)CC(C)CC. The number of hydrogen-bond donors (Lipinski definition) is 1. The minimum Gasteiger partial charge on any atom is -0.328 e. The summed E-state index contributed by atoms with van der Waals surface area (Å²) < 4.78 is 0. The molecule has 2 N–H and O–H groups in total. The molecular weight excluding hydrogens is 218 g/mol. The summed E-state index contributed by atoms with van der Waals surface area (Å²) in [5.41, 5.74) is 6.15. The van der Waals surface area contributed by atoms with Gasteiger partial charge in [0.2, 0.25) is 0 Å². The largest absolute Gasteiger partial charge is 0.328 e. The van der Waals surface area contributed by atoms with E-state index in [1.54, 1.807) is 0 Å². The van der Waals surface area contributed by atoms with Gasteiger partial charge >= 0.3 is 0 Å². The molecule has 0 aromatic carbocycles. The van der Waals surface area contributed by atoms with Gasteiger partial charge in [0.25, 0.3) is 0 Å². The lowest BCUT2D eigenvalue weighted by Crippen LogP contribution is -2.22. The highest BCUT2D eigenvalue weighted by atomic mass is 14.6. The maximum Gasteiger partial charge on any atom is 0.00413 e. The molecule has 2 atom stereocenters. The third-order valence-electron chi connectivity index (χ3n) is 4.08. The molecule has 0 radical (unpaired) electrons. The third kappa shape index (κ3) is 12.4. The van der Waals surface area contributed by atoms with Crippen molar-refractivity contribution in [1.29, 1.82) is 0 Å². The van der Waals surface area contributed by atoms with Crippen LogP contribution in [0.15, 0.2) is 0 Å². The average Bonchev–Trinajstić information content (AvgIpc) is 2.36. The Morgan fingerprint density at radius 1 is 0.778 bits per heavy atom. The summed E-state index contributed by atoms with van der Waals surface area (Å²) in [5.74, 6) is 0.804. The van der Waals surface area contributed by atoms with E-state index in [-0.39, 0.29) is 0 Å². The zero-order valence-corrected chi connectivity index (χ0v) is 13.2. The lowest BCUT2D eigenvalue weighted by atomic mass is 9.96. The average molecular weight is 255 g/mol. The van der Waals surface area contributed by atoms with Crippen molar-refractivity contribution < 1.29 is 0 Å². The molecule has 0 spiro atoms. The highest BCUT2D eigenvalue weighted by Gasteiger charge is 2.06. The highest BCUT2D eigenvalue weighted by Crippen LogP contribution is 2.14. The first kappa shape index (κ1) is 18.0. The van der Waals surface area contributed by atoms with E-state index in [1.165, 1.54) is 77.0 Å². The molecule has 1 nitrogen and oxygen atoms in total. The van der Waals surface area contributed by atoms with Crippen molar-refractivity contribution in [2.75, 3.05) is 0 Å². The molecule has 0 saturated carbocycles. The van der Waals surface area contributed by atoms with Gasteiger partial charge in [0.1, 0.15) is 0 Å². The molecule has 110 valence electrons. The Balaban J connectivity index is 3.15. The lowest BCUT2D eigenvalue weighted by Gasteiger charge is -2.15. The molecular formula is C17H37N. The van der Waals surface area contributed by atoms with E-state index < -0.39 is 0 Å². The van der Waals surface area contributed by atoms with Gasteiger partial charge in [-0.3, -0.25) is 0 Å². The van der Waals surface area contributed by atoms with Crippen LogP contribution in [-0.2, 0) is 0 Å². The molecule has 0 heterocycles. The van der Waals surface area contributed by atoms with Gasteiger partial charge in [0.05, 0.1) is 0 Å². The molecule has 0 aromatic heterocycles. The van der Waals surface area contributed by atoms with Gasteiger partial charge in [-0.1, -0.05) is 85.0 Å². The predicted octanol–water partition coefficient (Wildman–Crippen LogP) is 5.67. The normalized spacial score (nSPS) is 14.7. The van der Waals surface area contributed by atoms with Crippen molar-refractivity contribution in [2.45, 2.75) is 104 Å². The number of hydrogen-bond acceptors (Lipinski definition) is 1. The maximum atomic E-state index is 6.15. The summed E-state index contributed by atoms with van der Waals surface area (Å²) in [5, 5.41) is 0. The zero-order chi connectivity index (χ0) is 13.6. The second-order valence-electron chi connectivity index (χ2n) is 6.13. The van der Waals surface area contributed by atoms with Crippen LogP contribution in [0.1, 0.15) is 97.8 Å². The standard InChI is InChI=1S/C17H37N/c1-4-6-7-8-9-10-11-12-13-14-17(18)15-16(3)5-2/h16-17H,4-15,18H2,1-3H3. The van der Waals surface area contributed by atoms with E-state index in [9.17, 15) is 0 Å². The van der Waals surface area contributed by atoms with E-state index >= 15 is 0 Å². The van der Waals surface area contributed by atoms with Crippen molar-refractivity contribution in [3.05, 3.63) is 0 Å². The molecule has 0 fully saturated rings. The van der Waals surface area contributed by atoms with Crippen molar-refractivity contribution in [3.63, 3.8) is 0 Å². The Morgan fingerprint density at radius 2 is 1.28 bits per heavy atom.